The number of hydrogen-bond donors (Lipinski definition) is 0. The van der Waals surface area contributed by atoms with Crippen LogP contribution in [0.25, 0.3) is 82.0 Å². The molecule has 11 aromatic rings. The van der Waals surface area contributed by atoms with E-state index >= 15 is 0 Å². The lowest BCUT2D eigenvalue weighted by atomic mass is 9.82. The molecule has 64 heavy (non-hydrogen) atoms. The summed E-state index contributed by atoms with van der Waals surface area (Å²) in [4.78, 5) is 19.0. The predicted octanol–water partition coefficient (Wildman–Crippen LogP) is 15.5. The Kier molecular flexibility index (Phi) is 8.95. The van der Waals surface area contributed by atoms with Gasteiger partial charge < -0.3 is 4.57 Å². The molecule has 0 N–H and O–H groups in total. The van der Waals surface area contributed by atoms with Gasteiger partial charge >= 0.3 is 0 Å². The Bertz CT molecular complexity index is 3430. The number of hydrogen-bond acceptors (Lipinski definition) is 5. The summed E-state index contributed by atoms with van der Waals surface area (Å²) in [6, 6.07) is 69.3. The Morgan fingerprint density at radius 2 is 1.09 bits per heavy atom. The number of nitrogens with zero attached hydrogens (tertiary/aromatic N) is 5. The lowest BCUT2D eigenvalue weighted by Gasteiger charge is -2.25. The highest BCUT2D eigenvalue weighted by Crippen LogP contribution is 2.51. The SMILES string of the molecule is CC1(C)c2ccccc2-c2cc3c4cc(-c5ccc(-c6ccc(N(c7cccc(-c8ccccn8)c7)c7cccc(-c8ccccn8)c7)nc6)s5)ccc4n(-c4ccccc4)c3cc21. The lowest BCUT2D eigenvalue weighted by Crippen LogP contribution is -2.14. The van der Waals surface area contributed by atoms with E-state index in [9.17, 15) is 0 Å². The largest absolute Gasteiger partial charge is 0.309 e. The molecule has 0 saturated carbocycles. The highest BCUT2D eigenvalue weighted by molar-refractivity contribution is 7.18. The quantitative estimate of drug-likeness (QED) is 0.153. The minimum Gasteiger partial charge on any atom is -0.309 e. The van der Waals surface area contributed by atoms with E-state index in [1.165, 1.54) is 65.1 Å². The van der Waals surface area contributed by atoms with Crippen LogP contribution in [0.4, 0.5) is 17.2 Å². The number of benzene rings is 6. The summed E-state index contributed by atoms with van der Waals surface area (Å²) in [5.74, 6) is 0.814. The second-order valence-corrected chi connectivity index (χ2v) is 18.0. The number of anilines is 3. The van der Waals surface area contributed by atoms with Crippen molar-refractivity contribution in [2.75, 3.05) is 4.90 Å². The van der Waals surface area contributed by atoms with Crippen LogP contribution in [-0.4, -0.2) is 19.5 Å². The Hall–Kier alpha value is -7.93. The molecule has 5 aromatic heterocycles. The van der Waals surface area contributed by atoms with Crippen LogP contribution in [-0.2, 0) is 5.41 Å². The zero-order chi connectivity index (χ0) is 42.8. The molecule has 1 aliphatic rings. The van der Waals surface area contributed by atoms with Crippen LogP contribution in [0.15, 0.2) is 213 Å². The molecule has 0 aliphatic heterocycles. The van der Waals surface area contributed by atoms with Crippen LogP contribution in [0.3, 0.4) is 0 Å². The maximum absolute atomic E-state index is 5.15. The van der Waals surface area contributed by atoms with Crippen molar-refractivity contribution < 1.29 is 0 Å². The van der Waals surface area contributed by atoms with Gasteiger partial charge in [-0.2, -0.15) is 0 Å². The summed E-state index contributed by atoms with van der Waals surface area (Å²) in [7, 11) is 0. The summed E-state index contributed by atoms with van der Waals surface area (Å²) in [5, 5.41) is 2.52. The van der Waals surface area contributed by atoms with Gasteiger partial charge in [0.1, 0.15) is 5.82 Å². The van der Waals surface area contributed by atoms with E-state index < -0.39 is 0 Å². The van der Waals surface area contributed by atoms with Crippen molar-refractivity contribution >= 4 is 50.3 Å². The fourth-order valence-corrected chi connectivity index (χ4v) is 10.6. The molecule has 6 heteroatoms. The normalized spacial score (nSPS) is 12.7. The molecule has 12 rings (SSSR count). The second kappa shape index (κ2) is 15.2. The van der Waals surface area contributed by atoms with E-state index in [-0.39, 0.29) is 5.41 Å². The van der Waals surface area contributed by atoms with E-state index in [1.54, 1.807) is 11.3 Å². The first-order chi connectivity index (χ1) is 31.5. The molecule has 0 atom stereocenters. The van der Waals surface area contributed by atoms with Gasteiger partial charge in [-0.3, -0.25) is 14.9 Å². The van der Waals surface area contributed by atoms with Crippen LogP contribution in [0.1, 0.15) is 25.0 Å². The smallest absolute Gasteiger partial charge is 0.137 e. The van der Waals surface area contributed by atoms with Crippen molar-refractivity contribution in [3.8, 4) is 60.2 Å². The van der Waals surface area contributed by atoms with Crippen molar-refractivity contribution in [1.82, 2.24) is 19.5 Å². The standard InChI is InChI=1S/C58H41N5S/c1-58(2)49-21-7-6-20-45(49)46-35-48-47-34-40(24-26-53(47)63(54(48)36-50(46)58)42-16-4-3-5-17-42)55-27-28-56(64-55)41-25-29-57(61-37-41)62(43-18-12-14-38(32-43)51-22-8-10-30-59-51)44-19-13-15-39(33-44)52-23-9-11-31-60-52/h3-37H,1-2H3. The van der Waals surface area contributed by atoms with Gasteiger partial charge in [-0.15, -0.1) is 11.3 Å². The Morgan fingerprint density at radius 1 is 0.453 bits per heavy atom. The minimum atomic E-state index is -0.0850. The molecular formula is C58H41N5S. The fourth-order valence-electron chi connectivity index (χ4n) is 9.62. The summed E-state index contributed by atoms with van der Waals surface area (Å²) < 4.78 is 2.44. The molecule has 0 fully saturated rings. The summed E-state index contributed by atoms with van der Waals surface area (Å²) in [6.07, 6.45) is 5.67. The number of aromatic nitrogens is 4. The number of para-hydroxylation sites is 1. The molecule has 304 valence electrons. The molecule has 0 saturated heterocycles. The minimum absolute atomic E-state index is 0.0850. The zero-order valence-corrected chi connectivity index (χ0v) is 36.2. The number of pyridine rings is 3. The maximum atomic E-state index is 5.15. The van der Waals surface area contributed by atoms with E-state index in [1.807, 2.05) is 55.0 Å². The van der Waals surface area contributed by atoms with Gasteiger partial charge in [-0.05, 0) is 137 Å². The molecule has 5 heterocycles. The first-order valence-electron chi connectivity index (χ1n) is 21.7. The summed E-state index contributed by atoms with van der Waals surface area (Å²) in [6.45, 7) is 4.71. The number of fused-ring (bicyclic) bond motifs is 6. The van der Waals surface area contributed by atoms with Gasteiger partial charge in [0.05, 0.1) is 22.4 Å². The van der Waals surface area contributed by atoms with Crippen molar-refractivity contribution in [2.45, 2.75) is 19.3 Å². The molecule has 0 amide bonds. The first-order valence-corrected chi connectivity index (χ1v) is 22.5. The molecular weight excluding hydrogens is 799 g/mol. The average Bonchev–Trinajstić information content (AvgIpc) is 4.04. The van der Waals surface area contributed by atoms with Gasteiger partial charge in [0, 0.05) is 78.3 Å². The molecule has 6 aromatic carbocycles. The first kappa shape index (κ1) is 37.8. The van der Waals surface area contributed by atoms with E-state index in [4.69, 9.17) is 4.98 Å². The maximum Gasteiger partial charge on any atom is 0.137 e. The molecule has 0 unspecified atom stereocenters. The van der Waals surface area contributed by atoms with Gasteiger partial charge in [0.25, 0.3) is 0 Å². The van der Waals surface area contributed by atoms with E-state index in [2.05, 4.69) is 191 Å². The third kappa shape index (κ3) is 6.33. The van der Waals surface area contributed by atoms with Crippen LogP contribution >= 0.6 is 11.3 Å². The highest BCUT2D eigenvalue weighted by Gasteiger charge is 2.36. The monoisotopic (exact) mass is 839 g/mol. The van der Waals surface area contributed by atoms with Crippen LogP contribution < -0.4 is 4.90 Å². The third-order valence-electron chi connectivity index (χ3n) is 12.8. The Morgan fingerprint density at radius 3 is 1.77 bits per heavy atom. The molecule has 0 spiro atoms. The number of rotatable bonds is 8. The molecule has 1 aliphatic carbocycles. The van der Waals surface area contributed by atoms with Gasteiger partial charge in [0.15, 0.2) is 0 Å². The summed E-state index contributed by atoms with van der Waals surface area (Å²) >= 11 is 1.80. The van der Waals surface area contributed by atoms with E-state index in [0.29, 0.717) is 0 Å². The van der Waals surface area contributed by atoms with Crippen LogP contribution in [0.2, 0.25) is 0 Å². The van der Waals surface area contributed by atoms with Crippen LogP contribution in [0.5, 0.6) is 0 Å². The second-order valence-electron chi connectivity index (χ2n) is 16.9. The lowest BCUT2D eigenvalue weighted by molar-refractivity contribution is 0.661. The van der Waals surface area contributed by atoms with Crippen LogP contribution in [0, 0.1) is 0 Å². The van der Waals surface area contributed by atoms with Gasteiger partial charge in [-0.1, -0.05) is 98.8 Å². The van der Waals surface area contributed by atoms with Gasteiger partial charge in [0.2, 0.25) is 0 Å². The molecule has 0 radical (unpaired) electrons. The zero-order valence-electron chi connectivity index (χ0n) is 35.4. The Balaban J connectivity index is 0.925. The Labute approximate surface area is 376 Å². The average molecular weight is 840 g/mol. The summed E-state index contributed by atoms with van der Waals surface area (Å²) in [5.41, 5.74) is 17.1. The predicted molar refractivity (Wildman–Crippen MR) is 266 cm³/mol. The topological polar surface area (TPSA) is 46.8 Å². The number of thiophene rings is 1. The fraction of sp³-hybridized carbons (Fsp3) is 0.0517. The van der Waals surface area contributed by atoms with Crippen molar-refractivity contribution in [3.63, 3.8) is 0 Å². The molecule has 5 nitrogen and oxygen atoms in total. The van der Waals surface area contributed by atoms with Gasteiger partial charge in [-0.25, -0.2) is 4.98 Å². The van der Waals surface area contributed by atoms with Crippen molar-refractivity contribution in [3.05, 3.63) is 224 Å². The third-order valence-corrected chi connectivity index (χ3v) is 13.9. The highest BCUT2D eigenvalue weighted by atomic mass is 32.1. The van der Waals surface area contributed by atoms with E-state index in [0.717, 1.165) is 45.3 Å². The van der Waals surface area contributed by atoms with Crippen molar-refractivity contribution in [2.24, 2.45) is 0 Å². The van der Waals surface area contributed by atoms with Crippen molar-refractivity contribution in [1.29, 1.82) is 0 Å². The molecule has 0 bridgehead atoms.